The second-order valence-electron chi connectivity index (χ2n) is 7.59. The van der Waals surface area contributed by atoms with Crippen molar-refractivity contribution in [3.8, 4) is 0 Å². The van der Waals surface area contributed by atoms with Crippen LogP contribution in [0.5, 0.6) is 0 Å². The van der Waals surface area contributed by atoms with Crippen molar-refractivity contribution in [2.75, 3.05) is 0 Å². The lowest BCUT2D eigenvalue weighted by atomic mass is 9.61. The van der Waals surface area contributed by atoms with Crippen molar-refractivity contribution >= 4 is 18.6 Å². The third-order valence-electron chi connectivity index (χ3n) is 4.61. The van der Waals surface area contributed by atoms with Crippen LogP contribution in [0.4, 0.5) is 0 Å². The molecule has 7 heteroatoms. The molecule has 28 heavy (non-hydrogen) atoms. The first-order valence-electron chi connectivity index (χ1n) is 9.68. The minimum atomic E-state index is -0.667. The first-order chi connectivity index (χ1) is 13.4. The molecule has 0 aliphatic carbocycles. The number of Topliss-reactive ketones (excluding diaryl/α,β-unsaturated/α-hetero) is 1. The van der Waals surface area contributed by atoms with Crippen molar-refractivity contribution in [3.05, 3.63) is 60.2 Å². The van der Waals surface area contributed by atoms with Gasteiger partial charge in [0.2, 0.25) is 5.91 Å². The molecule has 2 atom stereocenters. The molecule has 0 unspecified atom stereocenters. The fourth-order valence-electron chi connectivity index (χ4n) is 3.11. The van der Waals surface area contributed by atoms with E-state index in [9.17, 15) is 14.6 Å². The van der Waals surface area contributed by atoms with Gasteiger partial charge in [-0.05, 0) is 24.3 Å². The Hall–Kier alpha value is -2.54. The summed E-state index contributed by atoms with van der Waals surface area (Å²) >= 11 is 0. The van der Waals surface area contributed by atoms with Crippen molar-refractivity contribution in [3.63, 3.8) is 0 Å². The number of nitrogens with one attached hydrogen (secondary N) is 1. The van der Waals surface area contributed by atoms with Gasteiger partial charge in [-0.25, -0.2) is 4.98 Å². The van der Waals surface area contributed by atoms with Crippen LogP contribution in [0.1, 0.15) is 42.7 Å². The van der Waals surface area contributed by atoms with Gasteiger partial charge >= 0.3 is 6.92 Å². The molecule has 0 fully saturated rings. The van der Waals surface area contributed by atoms with Crippen LogP contribution in [0.15, 0.2) is 48.9 Å². The summed E-state index contributed by atoms with van der Waals surface area (Å²) < 4.78 is 0. The van der Waals surface area contributed by atoms with Crippen LogP contribution in [0.25, 0.3) is 0 Å². The largest absolute Gasteiger partial charge is 0.449 e. The van der Waals surface area contributed by atoms with Gasteiger partial charge in [0.25, 0.3) is 0 Å². The Morgan fingerprint density at radius 1 is 1.18 bits per heavy atom. The van der Waals surface area contributed by atoms with Gasteiger partial charge in [-0.1, -0.05) is 51.0 Å². The predicted octanol–water partition coefficient (Wildman–Crippen LogP) is 2.59. The molecule has 0 radical (unpaired) electrons. The highest BCUT2D eigenvalue weighted by Crippen LogP contribution is 2.17. The lowest BCUT2D eigenvalue weighted by Crippen LogP contribution is -2.48. The number of carbonyl (C=O) groups is 2. The van der Waals surface area contributed by atoms with Crippen LogP contribution in [0.3, 0.4) is 0 Å². The minimum Gasteiger partial charge on any atom is -0.449 e. The summed E-state index contributed by atoms with van der Waals surface area (Å²) in [6.07, 6.45) is 5.52. The van der Waals surface area contributed by atoms with Gasteiger partial charge in [0.05, 0.1) is 6.20 Å². The highest BCUT2D eigenvalue weighted by Gasteiger charge is 2.28. The maximum atomic E-state index is 13.0. The molecule has 2 N–H and O–H groups in total. The number of hydrogen-bond donors (Lipinski definition) is 2. The molecule has 1 heterocycles. The highest BCUT2D eigenvalue weighted by molar-refractivity contribution is 6.51. The zero-order valence-corrected chi connectivity index (χ0v) is 16.7. The van der Waals surface area contributed by atoms with E-state index < -0.39 is 12.8 Å². The Kier molecular flexibility index (Phi) is 8.32. The van der Waals surface area contributed by atoms with E-state index in [2.05, 4.69) is 15.3 Å². The van der Waals surface area contributed by atoms with Gasteiger partial charge in [-0.3, -0.25) is 14.6 Å². The van der Waals surface area contributed by atoms with Crippen molar-refractivity contribution in [2.24, 2.45) is 11.8 Å². The Morgan fingerprint density at radius 3 is 2.46 bits per heavy atom. The number of amides is 1. The van der Waals surface area contributed by atoms with Crippen LogP contribution >= 0.6 is 0 Å². The van der Waals surface area contributed by atoms with Crippen LogP contribution in [-0.2, 0) is 11.2 Å². The summed E-state index contributed by atoms with van der Waals surface area (Å²) in [6, 6.07) is 9.61. The molecule has 0 saturated carbocycles. The minimum absolute atomic E-state index is 0.0353. The van der Waals surface area contributed by atoms with Crippen molar-refractivity contribution in [1.82, 2.24) is 15.3 Å². The van der Waals surface area contributed by atoms with Crippen LogP contribution in [0.2, 0.25) is 6.82 Å². The van der Waals surface area contributed by atoms with E-state index in [1.165, 1.54) is 18.6 Å². The first-order valence-corrected chi connectivity index (χ1v) is 9.68. The molecular weight excluding hydrogens is 353 g/mol. The molecule has 0 aliphatic heterocycles. The Morgan fingerprint density at radius 2 is 1.89 bits per heavy atom. The molecule has 6 nitrogen and oxygen atoms in total. The lowest BCUT2D eigenvalue weighted by molar-refractivity contribution is -0.125. The number of carbonyl (C=O) groups excluding carboxylic acids is 2. The van der Waals surface area contributed by atoms with Crippen molar-refractivity contribution in [1.29, 1.82) is 0 Å². The summed E-state index contributed by atoms with van der Waals surface area (Å²) in [7, 11) is 0. The normalized spacial score (nSPS) is 13.0. The quantitative estimate of drug-likeness (QED) is 0.488. The molecule has 2 aromatic rings. The van der Waals surface area contributed by atoms with Gasteiger partial charge in [-0.15, -0.1) is 0 Å². The van der Waals surface area contributed by atoms with Crippen molar-refractivity contribution in [2.45, 2.75) is 45.9 Å². The Balaban J connectivity index is 2.16. The number of aromatic nitrogens is 2. The third-order valence-corrected chi connectivity index (χ3v) is 4.61. The molecular formula is C21H28BN3O3. The molecule has 0 spiro atoms. The summed E-state index contributed by atoms with van der Waals surface area (Å²) in [5, 5.41) is 13.0. The van der Waals surface area contributed by atoms with Crippen molar-refractivity contribution < 1.29 is 14.6 Å². The van der Waals surface area contributed by atoms with Crippen LogP contribution in [-0.4, -0.2) is 39.5 Å². The van der Waals surface area contributed by atoms with E-state index in [4.69, 9.17) is 0 Å². The van der Waals surface area contributed by atoms with Gasteiger partial charge in [0.15, 0.2) is 5.78 Å². The summed E-state index contributed by atoms with van der Waals surface area (Å²) in [5.41, 5.74) is 1.23. The maximum absolute atomic E-state index is 13.0. The standard InChI is InChI=1S/C21H28BN3O3/c1-15(2)11-20(22(3)28)25-21(27)17(12-16-7-5-4-6-8-16)13-19(26)18-14-23-9-10-24-18/h4-10,14-15,17,20,28H,11-13H2,1-3H3,(H,25,27)/t17-,20+/m1/s1. The average molecular weight is 381 g/mol. The molecule has 1 amide bonds. The van der Waals surface area contributed by atoms with Crippen LogP contribution in [0, 0.1) is 11.8 Å². The lowest BCUT2D eigenvalue weighted by Gasteiger charge is -2.24. The van der Waals surface area contributed by atoms with E-state index >= 15 is 0 Å². The first kappa shape index (κ1) is 21.8. The predicted molar refractivity (Wildman–Crippen MR) is 110 cm³/mol. The van der Waals surface area contributed by atoms with Gasteiger partial charge in [0.1, 0.15) is 5.69 Å². The Labute approximate surface area is 166 Å². The molecule has 1 aromatic heterocycles. The van der Waals surface area contributed by atoms with E-state index in [0.29, 0.717) is 18.8 Å². The number of hydrogen-bond acceptors (Lipinski definition) is 5. The molecule has 0 saturated heterocycles. The van der Waals surface area contributed by atoms with E-state index in [0.717, 1.165) is 5.56 Å². The zero-order chi connectivity index (χ0) is 20.5. The second-order valence-corrected chi connectivity index (χ2v) is 7.59. The fourth-order valence-corrected chi connectivity index (χ4v) is 3.11. The third kappa shape index (κ3) is 6.89. The fraction of sp³-hybridized carbons (Fsp3) is 0.429. The molecule has 2 rings (SSSR count). The number of nitrogens with zero attached hydrogens (tertiary/aromatic N) is 2. The number of rotatable bonds is 10. The van der Waals surface area contributed by atoms with E-state index in [-0.39, 0.29) is 29.7 Å². The summed E-state index contributed by atoms with van der Waals surface area (Å²) in [4.78, 5) is 33.6. The van der Waals surface area contributed by atoms with E-state index in [1.807, 2.05) is 44.2 Å². The molecule has 0 bridgehead atoms. The summed E-state index contributed by atoms with van der Waals surface area (Å²) in [6.45, 7) is 5.09. The van der Waals surface area contributed by atoms with Crippen LogP contribution < -0.4 is 5.32 Å². The molecule has 148 valence electrons. The second kappa shape index (κ2) is 10.7. The zero-order valence-electron chi connectivity index (χ0n) is 16.7. The van der Waals surface area contributed by atoms with E-state index in [1.54, 1.807) is 6.82 Å². The molecule has 1 aromatic carbocycles. The van der Waals surface area contributed by atoms with Gasteiger partial charge in [0, 0.05) is 30.7 Å². The monoisotopic (exact) mass is 381 g/mol. The van der Waals surface area contributed by atoms with Gasteiger partial charge in [-0.2, -0.15) is 0 Å². The smallest absolute Gasteiger partial charge is 0.308 e. The maximum Gasteiger partial charge on any atom is 0.308 e. The number of ketones is 1. The highest BCUT2D eigenvalue weighted by atomic mass is 16.2. The molecule has 0 aliphatic rings. The van der Waals surface area contributed by atoms with Gasteiger partial charge < -0.3 is 10.3 Å². The Bertz CT molecular complexity index is 754. The SMILES string of the molecule is CB(O)[C@H](CC(C)C)NC(=O)[C@@H](CC(=O)c1cnccn1)Cc1ccccc1. The average Bonchev–Trinajstić information content (AvgIpc) is 2.68. The topological polar surface area (TPSA) is 92.2 Å². The summed E-state index contributed by atoms with van der Waals surface area (Å²) in [5.74, 6) is -1.02. The number of benzene rings is 1.